The highest BCUT2D eigenvalue weighted by Gasteiger charge is 2.54. The van der Waals surface area contributed by atoms with Crippen LogP contribution in [0.1, 0.15) is 113 Å². The van der Waals surface area contributed by atoms with Gasteiger partial charge in [-0.3, -0.25) is 23.4 Å². The number of rotatable bonds is 25. The van der Waals surface area contributed by atoms with Crippen LogP contribution in [0, 0.1) is 17.8 Å². The molecule has 27 heteroatoms. The van der Waals surface area contributed by atoms with Crippen molar-refractivity contribution in [1.29, 1.82) is 0 Å². The number of aromatic nitrogens is 3. The number of ether oxygens (including phenoxy) is 6. The summed E-state index contributed by atoms with van der Waals surface area (Å²) in [6.45, 7) is 2.55. The SMILES string of the molecule is CC1O[C@@H](O[C@@H]2C(C)CC(C(=O)CCCCc3cn(CCC(=O)Cc4cc(S(=O)(=O)O)cc5cc(S(=O)(=O)O)ccc45)nn3)C[C@H]2O[C@@H]2O[C@@H](CO)[C@H](O)C(O[C@@H](CC3CCCCC3)C(=O)O)C2OC(=O)c2ccccc2)C(O)[C@@H](O)[C@@H]1O. The molecule has 6 unspecified atom stereocenters. The van der Waals surface area contributed by atoms with E-state index in [-0.39, 0.29) is 79.1 Å². The molecule has 0 spiro atoms. The molecule has 0 radical (unpaired) electrons. The van der Waals surface area contributed by atoms with E-state index in [1.807, 2.05) is 0 Å². The Balaban J connectivity index is 0.947. The van der Waals surface area contributed by atoms with Crippen molar-refractivity contribution in [3.63, 3.8) is 0 Å². The molecule has 0 amide bonds. The van der Waals surface area contributed by atoms with Crippen LogP contribution in [-0.2, 0) is 82.4 Å². The first-order valence-electron chi connectivity index (χ1n) is 27.9. The van der Waals surface area contributed by atoms with Gasteiger partial charge < -0.3 is 59.1 Å². The van der Waals surface area contributed by atoms with Gasteiger partial charge in [-0.15, -0.1) is 5.10 Å². The fraction of sp³-hybridized carbons (Fsp3) is 0.607. The predicted molar refractivity (Wildman–Crippen MR) is 288 cm³/mol. The van der Waals surface area contributed by atoms with Gasteiger partial charge in [-0.25, -0.2) is 9.59 Å². The van der Waals surface area contributed by atoms with Crippen LogP contribution in [0.15, 0.2) is 76.7 Å². The molecule has 4 fully saturated rings. The molecule has 4 aromatic rings. The van der Waals surface area contributed by atoms with Crippen molar-refractivity contribution in [3.8, 4) is 0 Å². The number of aryl methyl sites for hydroxylation is 2. The Hall–Kier alpha value is -5.24. The zero-order valence-electron chi connectivity index (χ0n) is 45.9. The van der Waals surface area contributed by atoms with Crippen LogP contribution in [0.4, 0.5) is 0 Å². The third kappa shape index (κ3) is 16.2. The number of esters is 1. The van der Waals surface area contributed by atoms with Crippen molar-refractivity contribution in [2.45, 2.75) is 200 Å². The third-order valence-corrected chi connectivity index (χ3v) is 17.8. The molecule has 15 atom stereocenters. The number of aliphatic hydroxyl groups excluding tert-OH is 5. The Kier molecular flexibility index (Phi) is 21.4. The normalized spacial score (nSPS) is 29.5. The molecule has 2 saturated carbocycles. The first kappa shape index (κ1) is 63.8. The van der Waals surface area contributed by atoms with E-state index in [9.17, 15) is 75.8 Å². The standard InChI is InChI=1S/C56H73N3O22S2/c1-30-21-36(42(62)16-10-9-15-37-28-59(58-57-37)20-19-38(61)23-34-25-40(83(73,74)75)26-35-24-39(82(70,71)72)17-18-41(34)35)27-43(50(30)81-55-49(66)48(65)46(63)31(2)76-55)78-56-52(80-54(69)33-13-7-4-8-14-33)51(47(64)45(29-60)79-56)77-44(53(67)68)22-32-11-5-3-6-12-32/h4,7-8,13-14,17-18,24-26,28,30-32,36,43-52,55-56,60,63-66H,3,5-6,9-12,15-16,19-23,27,29H2,1-2H3,(H,67,68)(H,70,71,72)(H,73,74,75)/t30?,31?,36?,43-,44+,45+,46-,47+,48+,49?,50-,51?,52?,55+,56-/m1/s1. The number of Topliss-reactive ketones (excluding diaryl/α,β-unsaturated/α-hetero) is 2. The van der Waals surface area contributed by atoms with E-state index in [1.54, 1.807) is 31.3 Å². The van der Waals surface area contributed by atoms with E-state index in [0.29, 0.717) is 30.3 Å². The molecule has 2 aliphatic heterocycles. The van der Waals surface area contributed by atoms with Crippen LogP contribution >= 0.6 is 0 Å². The smallest absolute Gasteiger partial charge is 0.338 e. The molecule has 0 bridgehead atoms. The maximum absolute atomic E-state index is 14.2. The molecular formula is C56H73N3O22S2. The summed E-state index contributed by atoms with van der Waals surface area (Å²) in [6, 6.07) is 13.5. The lowest BCUT2D eigenvalue weighted by atomic mass is 9.75. The maximum Gasteiger partial charge on any atom is 0.338 e. The van der Waals surface area contributed by atoms with E-state index < -0.39 is 140 Å². The van der Waals surface area contributed by atoms with E-state index in [0.717, 1.165) is 56.4 Å². The van der Waals surface area contributed by atoms with E-state index in [4.69, 9.17) is 28.4 Å². The van der Waals surface area contributed by atoms with Crippen molar-refractivity contribution in [2.75, 3.05) is 6.61 Å². The minimum absolute atomic E-state index is 0.000886. The van der Waals surface area contributed by atoms with Gasteiger partial charge in [-0.05, 0) is 110 Å². The van der Waals surface area contributed by atoms with Crippen LogP contribution in [0.2, 0.25) is 0 Å². The van der Waals surface area contributed by atoms with Gasteiger partial charge in [0, 0.05) is 37.9 Å². The fourth-order valence-corrected chi connectivity index (χ4v) is 12.7. The highest BCUT2D eigenvalue weighted by atomic mass is 32.2. The van der Waals surface area contributed by atoms with Crippen LogP contribution in [0.3, 0.4) is 0 Å². The summed E-state index contributed by atoms with van der Waals surface area (Å²) in [5, 5.41) is 73.8. The van der Waals surface area contributed by atoms with Crippen LogP contribution < -0.4 is 0 Å². The molecule has 456 valence electrons. The second-order valence-corrected chi connectivity index (χ2v) is 25.1. The second kappa shape index (κ2) is 27.9. The Morgan fingerprint density at radius 3 is 2.17 bits per heavy atom. The lowest BCUT2D eigenvalue weighted by molar-refractivity contribution is -0.349. The highest BCUT2D eigenvalue weighted by Crippen LogP contribution is 2.40. The summed E-state index contributed by atoms with van der Waals surface area (Å²) in [5.74, 6) is -3.92. The molecule has 3 heterocycles. The number of fused-ring (bicyclic) bond motifs is 1. The first-order valence-corrected chi connectivity index (χ1v) is 30.8. The largest absolute Gasteiger partial charge is 0.479 e. The number of unbranched alkanes of at least 4 members (excludes halogenated alkanes) is 1. The van der Waals surface area contributed by atoms with Crippen molar-refractivity contribution < 1.29 is 104 Å². The van der Waals surface area contributed by atoms with Crippen LogP contribution in [0.5, 0.6) is 0 Å². The first-order chi connectivity index (χ1) is 39.4. The summed E-state index contributed by atoms with van der Waals surface area (Å²) < 4.78 is 106. The monoisotopic (exact) mass is 1200 g/mol. The number of aliphatic hydroxyl groups is 5. The lowest BCUT2D eigenvalue weighted by Crippen LogP contribution is -2.64. The Morgan fingerprint density at radius 2 is 1.48 bits per heavy atom. The predicted octanol–water partition coefficient (Wildman–Crippen LogP) is 3.17. The Labute approximate surface area is 479 Å². The lowest BCUT2D eigenvalue weighted by Gasteiger charge is -2.48. The van der Waals surface area contributed by atoms with Crippen LogP contribution in [0.25, 0.3) is 10.8 Å². The van der Waals surface area contributed by atoms with E-state index in [2.05, 4.69) is 10.3 Å². The van der Waals surface area contributed by atoms with Crippen LogP contribution in [-0.4, -0.2) is 181 Å². The molecule has 83 heavy (non-hydrogen) atoms. The van der Waals surface area contributed by atoms with Gasteiger partial charge in [0.2, 0.25) is 0 Å². The summed E-state index contributed by atoms with van der Waals surface area (Å²) in [5.41, 5.74) is 0.857. The summed E-state index contributed by atoms with van der Waals surface area (Å²) in [7, 11) is -9.41. The fourth-order valence-electron chi connectivity index (χ4n) is 11.6. The molecule has 1 aromatic heterocycles. The van der Waals surface area contributed by atoms with Gasteiger partial charge in [0.1, 0.15) is 48.2 Å². The molecule has 2 saturated heterocycles. The van der Waals surface area contributed by atoms with Crippen molar-refractivity contribution >= 4 is 54.5 Å². The number of carboxylic acid groups (broad SMARTS) is 1. The van der Waals surface area contributed by atoms with Gasteiger partial charge in [-0.2, -0.15) is 16.8 Å². The second-order valence-electron chi connectivity index (χ2n) is 22.2. The zero-order valence-corrected chi connectivity index (χ0v) is 47.5. The van der Waals surface area contributed by atoms with Crippen molar-refractivity contribution in [3.05, 3.63) is 83.7 Å². The number of hydrogen-bond acceptors (Lipinski definition) is 21. The van der Waals surface area contributed by atoms with E-state index in [1.165, 1.54) is 29.8 Å². The summed E-state index contributed by atoms with van der Waals surface area (Å²) in [6.07, 6.45) is -11.8. The number of ketones is 2. The number of aliphatic carboxylic acids is 1. The molecule has 2 aliphatic carbocycles. The number of benzene rings is 3. The molecule has 4 aliphatic rings. The Morgan fingerprint density at radius 1 is 0.771 bits per heavy atom. The minimum Gasteiger partial charge on any atom is -0.479 e. The van der Waals surface area contributed by atoms with Crippen molar-refractivity contribution in [2.24, 2.45) is 17.8 Å². The molecule has 8 N–H and O–H groups in total. The Bertz CT molecular complexity index is 3120. The number of carbonyl (C=O) groups is 4. The molecular weight excluding hydrogens is 1130 g/mol. The van der Waals surface area contributed by atoms with Gasteiger partial charge in [-0.1, -0.05) is 68.5 Å². The maximum atomic E-state index is 14.2. The average Bonchev–Trinajstić information content (AvgIpc) is 3.93. The minimum atomic E-state index is -4.76. The van der Waals surface area contributed by atoms with Gasteiger partial charge in [0.25, 0.3) is 20.2 Å². The summed E-state index contributed by atoms with van der Waals surface area (Å²) >= 11 is 0. The summed E-state index contributed by atoms with van der Waals surface area (Å²) in [4.78, 5) is 53.2. The average molecular weight is 1200 g/mol. The number of carbonyl (C=O) groups excluding carboxylic acids is 3. The van der Waals surface area contributed by atoms with Gasteiger partial charge in [0.15, 0.2) is 24.8 Å². The zero-order chi connectivity index (χ0) is 59.9. The topological polar surface area (TPSA) is 384 Å². The number of carboxylic acids is 1. The molecule has 8 rings (SSSR count). The third-order valence-electron chi connectivity index (χ3n) is 16.2. The van der Waals surface area contributed by atoms with Crippen molar-refractivity contribution in [1.82, 2.24) is 15.0 Å². The van der Waals surface area contributed by atoms with Gasteiger partial charge >= 0.3 is 11.9 Å². The molecule has 25 nitrogen and oxygen atoms in total. The number of hydrogen-bond donors (Lipinski definition) is 8. The van der Waals surface area contributed by atoms with E-state index >= 15 is 0 Å². The quantitative estimate of drug-likeness (QED) is 0.0268. The molecule has 3 aromatic carbocycles. The number of nitrogens with zero attached hydrogens (tertiary/aromatic N) is 3. The highest BCUT2D eigenvalue weighted by molar-refractivity contribution is 7.86. The van der Waals surface area contributed by atoms with Gasteiger partial charge in [0.05, 0.1) is 46.0 Å².